The predicted octanol–water partition coefficient (Wildman–Crippen LogP) is 1.60. The summed E-state index contributed by atoms with van der Waals surface area (Å²) in [5, 5.41) is 9.54. The molecule has 0 spiro atoms. The van der Waals surface area contributed by atoms with Crippen LogP contribution in [0.15, 0.2) is 29.9 Å². The van der Waals surface area contributed by atoms with Crippen molar-refractivity contribution in [1.82, 2.24) is 10.5 Å². The summed E-state index contributed by atoms with van der Waals surface area (Å²) in [4.78, 5) is 0. The maximum atomic E-state index is 4.35. The van der Waals surface area contributed by atoms with Gasteiger partial charge < -0.3 is 0 Å². The summed E-state index contributed by atoms with van der Waals surface area (Å²) >= 11 is 3.43. The molecule has 1 aliphatic heterocycles. The maximum absolute atomic E-state index is 4.35. The van der Waals surface area contributed by atoms with Crippen LogP contribution in [-0.4, -0.2) is 16.9 Å². The Labute approximate surface area is 110 Å². The SMILES string of the molecule is C=Cc1ccc2c(c1)=NNN(CCCCBr)C=2. The van der Waals surface area contributed by atoms with Crippen LogP contribution < -0.4 is 16.1 Å². The van der Waals surface area contributed by atoms with Crippen molar-refractivity contribution in [2.45, 2.75) is 12.8 Å². The summed E-state index contributed by atoms with van der Waals surface area (Å²) in [7, 11) is 0. The van der Waals surface area contributed by atoms with Gasteiger partial charge >= 0.3 is 0 Å². The molecule has 0 unspecified atom stereocenters. The van der Waals surface area contributed by atoms with Crippen molar-refractivity contribution < 1.29 is 0 Å². The number of nitrogens with zero attached hydrogens (tertiary/aromatic N) is 2. The van der Waals surface area contributed by atoms with Gasteiger partial charge in [-0.1, -0.05) is 40.7 Å². The van der Waals surface area contributed by atoms with E-state index in [0.717, 1.165) is 34.4 Å². The van der Waals surface area contributed by atoms with Gasteiger partial charge in [0.25, 0.3) is 0 Å². The third-order valence-corrected chi connectivity index (χ3v) is 3.23. The summed E-state index contributed by atoms with van der Waals surface area (Å²) in [5.74, 6) is 0. The first-order valence-electron chi connectivity index (χ1n) is 5.74. The average Bonchev–Trinajstić information content (AvgIpc) is 2.38. The van der Waals surface area contributed by atoms with Crippen molar-refractivity contribution in [3.05, 3.63) is 40.9 Å². The van der Waals surface area contributed by atoms with E-state index in [1.165, 1.54) is 6.42 Å². The summed E-state index contributed by atoms with van der Waals surface area (Å²) in [5.41, 5.74) is 4.13. The van der Waals surface area contributed by atoms with Crippen molar-refractivity contribution in [1.29, 1.82) is 0 Å². The fraction of sp³-hybridized carbons (Fsp3) is 0.308. The fourth-order valence-electron chi connectivity index (χ4n) is 1.70. The van der Waals surface area contributed by atoms with E-state index in [1.807, 2.05) is 17.2 Å². The van der Waals surface area contributed by atoms with Gasteiger partial charge in [0.15, 0.2) is 0 Å². The molecule has 0 aromatic heterocycles. The lowest BCUT2D eigenvalue weighted by molar-refractivity contribution is 0.291. The lowest BCUT2D eigenvalue weighted by Crippen LogP contribution is -2.42. The molecule has 1 aromatic rings. The fourth-order valence-corrected chi connectivity index (χ4v) is 2.10. The second-order valence-corrected chi connectivity index (χ2v) is 4.75. The molecule has 0 amide bonds. The van der Waals surface area contributed by atoms with Crippen molar-refractivity contribution in [3.8, 4) is 0 Å². The molecule has 0 radical (unpaired) electrons. The van der Waals surface area contributed by atoms with Gasteiger partial charge in [0.05, 0.1) is 5.36 Å². The largest absolute Gasteiger partial charge is 0.279 e. The van der Waals surface area contributed by atoms with Crippen LogP contribution in [0.5, 0.6) is 0 Å². The van der Waals surface area contributed by atoms with Crippen molar-refractivity contribution >= 4 is 28.2 Å². The summed E-state index contributed by atoms with van der Waals surface area (Å²) < 4.78 is 0. The monoisotopic (exact) mass is 293 g/mol. The van der Waals surface area contributed by atoms with Gasteiger partial charge in [0.2, 0.25) is 0 Å². The molecule has 1 aromatic carbocycles. The number of benzene rings is 1. The van der Waals surface area contributed by atoms with Gasteiger partial charge in [-0.3, -0.25) is 5.01 Å². The van der Waals surface area contributed by atoms with Crippen molar-refractivity contribution in [2.75, 3.05) is 11.9 Å². The number of hydrogen-bond donors (Lipinski definition) is 1. The second-order valence-electron chi connectivity index (χ2n) is 3.95. The molecule has 3 nitrogen and oxygen atoms in total. The number of unbranched alkanes of at least 4 members (excludes halogenated alkanes) is 1. The van der Waals surface area contributed by atoms with Crippen LogP contribution in [-0.2, 0) is 0 Å². The van der Waals surface area contributed by atoms with Gasteiger partial charge in [-0.15, -0.1) is 0 Å². The number of rotatable bonds is 5. The summed E-state index contributed by atoms with van der Waals surface area (Å²) in [6, 6.07) is 6.16. The van der Waals surface area contributed by atoms with Crippen LogP contribution in [0.3, 0.4) is 0 Å². The van der Waals surface area contributed by atoms with E-state index >= 15 is 0 Å². The van der Waals surface area contributed by atoms with Gasteiger partial charge in [0, 0.05) is 23.3 Å². The number of alkyl halides is 1. The minimum absolute atomic E-state index is 0.970. The molecular weight excluding hydrogens is 278 g/mol. The Morgan fingerprint density at radius 1 is 1.41 bits per heavy atom. The smallest absolute Gasteiger partial charge is 0.0943 e. The van der Waals surface area contributed by atoms with E-state index in [1.54, 1.807) is 0 Å². The van der Waals surface area contributed by atoms with Gasteiger partial charge in [-0.2, -0.15) is 5.10 Å². The highest BCUT2D eigenvalue weighted by atomic mass is 79.9. The molecule has 0 bridgehead atoms. The Morgan fingerprint density at radius 2 is 2.29 bits per heavy atom. The van der Waals surface area contributed by atoms with E-state index in [2.05, 4.69) is 51.5 Å². The van der Waals surface area contributed by atoms with Gasteiger partial charge in [-0.25, -0.2) is 5.53 Å². The highest BCUT2D eigenvalue weighted by Crippen LogP contribution is 1.98. The molecule has 4 heteroatoms. The number of fused-ring (bicyclic) bond motifs is 1. The number of halogens is 1. The number of hydrazine groups is 1. The van der Waals surface area contributed by atoms with E-state index in [9.17, 15) is 0 Å². The molecule has 0 fully saturated rings. The molecule has 0 saturated heterocycles. The average molecular weight is 294 g/mol. The van der Waals surface area contributed by atoms with Crippen LogP contribution in [0.2, 0.25) is 0 Å². The Morgan fingerprint density at radius 3 is 3.06 bits per heavy atom. The lowest BCUT2D eigenvalue weighted by atomic mass is 10.2. The molecular formula is C13H16BrN3. The maximum Gasteiger partial charge on any atom is 0.0943 e. The minimum Gasteiger partial charge on any atom is -0.279 e. The molecule has 90 valence electrons. The van der Waals surface area contributed by atoms with E-state index in [-0.39, 0.29) is 0 Å². The van der Waals surface area contributed by atoms with Crippen molar-refractivity contribution in [3.63, 3.8) is 0 Å². The Hall–Kier alpha value is -1.29. The molecule has 0 saturated carbocycles. The Bertz CT molecular complexity index is 510. The van der Waals surface area contributed by atoms with Crippen LogP contribution >= 0.6 is 15.9 Å². The standard InChI is InChI=1S/C13H16BrN3/c1-2-11-5-6-12-10-17(8-4-3-7-14)16-15-13(12)9-11/h2,5-6,9-10,16H,1,3-4,7-8H2. The zero-order valence-electron chi connectivity index (χ0n) is 9.69. The molecule has 1 aliphatic rings. The third kappa shape index (κ3) is 3.09. The first kappa shape index (κ1) is 12.2. The topological polar surface area (TPSA) is 27.6 Å². The molecule has 17 heavy (non-hydrogen) atoms. The molecule has 0 atom stereocenters. The zero-order valence-corrected chi connectivity index (χ0v) is 11.3. The van der Waals surface area contributed by atoms with E-state index < -0.39 is 0 Å². The molecule has 0 aliphatic carbocycles. The van der Waals surface area contributed by atoms with Crippen molar-refractivity contribution in [2.24, 2.45) is 5.10 Å². The second kappa shape index (κ2) is 5.87. The lowest BCUT2D eigenvalue weighted by Gasteiger charge is -2.21. The Balaban J connectivity index is 2.14. The minimum atomic E-state index is 0.970. The summed E-state index contributed by atoms with van der Waals surface area (Å²) in [6.45, 7) is 4.73. The molecule has 1 N–H and O–H groups in total. The highest BCUT2D eigenvalue weighted by molar-refractivity contribution is 9.09. The zero-order chi connectivity index (χ0) is 12.1. The van der Waals surface area contributed by atoms with E-state index in [4.69, 9.17) is 0 Å². The predicted molar refractivity (Wildman–Crippen MR) is 74.6 cm³/mol. The normalized spacial score (nSPS) is 13.1. The molecule has 1 heterocycles. The van der Waals surface area contributed by atoms with Gasteiger partial charge in [0.1, 0.15) is 0 Å². The number of hydrogen-bond acceptors (Lipinski definition) is 3. The summed E-state index contributed by atoms with van der Waals surface area (Å²) in [6.07, 6.45) is 6.25. The first-order valence-corrected chi connectivity index (χ1v) is 6.86. The quantitative estimate of drug-likeness (QED) is 0.660. The number of nitrogens with one attached hydrogen (secondary N) is 1. The van der Waals surface area contributed by atoms with Crippen LogP contribution in [0, 0.1) is 0 Å². The van der Waals surface area contributed by atoms with Crippen LogP contribution in [0.4, 0.5) is 0 Å². The molecule has 2 rings (SSSR count). The highest BCUT2D eigenvalue weighted by Gasteiger charge is 2.02. The Kier molecular flexibility index (Phi) is 4.20. The van der Waals surface area contributed by atoms with Gasteiger partial charge in [-0.05, 0) is 24.5 Å². The first-order chi connectivity index (χ1) is 8.33. The third-order valence-electron chi connectivity index (χ3n) is 2.67. The van der Waals surface area contributed by atoms with E-state index in [0.29, 0.717) is 0 Å². The van der Waals surface area contributed by atoms with Crippen LogP contribution in [0.1, 0.15) is 18.4 Å². The van der Waals surface area contributed by atoms with Crippen LogP contribution in [0.25, 0.3) is 12.3 Å².